The lowest BCUT2D eigenvalue weighted by atomic mass is 10.2. The summed E-state index contributed by atoms with van der Waals surface area (Å²) in [5, 5.41) is 4.37. The third kappa shape index (κ3) is 2.89. The molecule has 0 amide bonds. The number of aromatic nitrogens is 4. The first-order valence-electron chi connectivity index (χ1n) is 7.34. The standard InChI is InChI=1S/C18H14N4O/c1-3-7-14(8-4-1)13-22-18-16(11-20-22)21-17(12-19-18)23-15-9-5-2-6-10-15/h1-12H,13H2. The summed E-state index contributed by atoms with van der Waals surface area (Å²) in [7, 11) is 0. The fourth-order valence-corrected chi connectivity index (χ4v) is 2.38. The summed E-state index contributed by atoms with van der Waals surface area (Å²) < 4.78 is 7.54. The van der Waals surface area contributed by atoms with E-state index in [9.17, 15) is 0 Å². The van der Waals surface area contributed by atoms with E-state index in [4.69, 9.17) is 4.74 Å². The van der Waals surface area contributed by atoms with Gasteiger partial charge in [-0.1, -0.05) is 48.5 Å². The molecule has 2 heterocycles. The van der Waals surface area contributed by atoms with Crippen LogP contribution < -0.4 is 4.74 Å². The molecule has 5 heteroatoms. The summed E-state index contributed by atoms with van der Waals surface area (Å²) in [6.45, 7) is 0.665. The van der Waals surface area contributed by atoms with Gasteiger partial charge in [0.15, 0.2) is 5.65 Å². The van der Waals surface area contributed by atoms with Gasteiger partial charge in [0.05, 0.1) is 18.9 Å². The summed E-state index contributed by atoms with van der Waals surface area (Å²) >= 11 is 0. The number of rotatable bonds is 4. The van der Waals surface area contributed by atoms with Gasteiger partial charge in [0.25, 0.3) is 0 Å². The zero-order valence-corrected chi connectivity index (χ0v) is 12.3. The average molecular weight is 302 g/mol. The van der Waals surface area contributed by atoms with E-state index in [1.54, 1.807) is 12.4 Å². The summed E-state index contributed by atoms with van der Waals surface area (Å²) in [5.74, 6) is 1.20. The van der Waals surface area contributed by atoms with Gasteiger partial charge in [0.1, 0.15) is 11.3 Å². The van der Waals surface area contributed by atoms with Crippen molar-refractivity contribution in [1.29, 1.82) is 0 Å². The predicted molar refractivity (Wildman–Crippen MR) is 87.4 cm³/mol. The summed E-state index contributed by atoms with van der Waals surface area (Å²) in [4.78, 5) is 8.91. The monoisotopic (exact) mass is 302 g/mol. The second-order valence-electron chi connectivity index (χ2n) is 5.12. The lowest BCUT2D eigenvalue weighted by Crippen LogP contribution is -2.02. The topological polar surface area (TPSA) is 52.8 Å². The zero-order chi connectivity index (χ0) is 15.5. The minimum absolute atomic E-state index is 0.461. The van der Waals surface area contributed by atoms with Crippen LogP contribution in [0.4, 0.5) is 0 Å². The highest BCUT2D eigenvalue weighted by Crippen LogP contribution is 2.20. The maximum atomic E-state index is 5.70. The van der Waals surface area contributed by atoms with E-state index >= 15 is 0 Å². The van der Waals surface area contributed by atoms with E-state index in [1.165, 1.54) is 5.56 Å². The van der Waals surface area contributed by atoms with E-state index < -0.39 is 0 Å². The Hall–Kier alpha value is -3.21. The molecule has 2 aromatic carbocycles. The molecule has 0 fully saturated rings. The maximum Gasteiger partial charge on any atom is 0.238 e. The Kier molecular flexibility index (Phi) is 3.44. The highest BCUT2D eigenvalue weighted by Gasteiger charge is 2.08. The SMILES string of the molecule is c1ccc(Cn2ncc3nc(Oc4ccccc4)cnc32)cc1. The molecule has 0 atom stereocenters. The van der Waals surface area contributed by atoms with Crippen LogP contribution in [-0.4, -0.2) is 19.7 Å². The molecule has 0 aliphatic carbocycles. The van der Waals surface area contributed by atoms with Crippen molar-refractivity contribution >= 4 is 11.2 Å². The van der Waals surface area contributed by atoms with Crippen molar-refractivity contribution in [3.8, 4) is 11.6 Å². The van der Waals surface area contributed by atoms with Crippen molar-refractivity contribution in [2.24, 2.45) is 0 Å². The number of hydrogen-bond donors (Lipinski definition) is 0. The van der Waals surface area contributed by atoms with Gasteiger partial charge in [-0.25, -0.2) is 14.6 Å². The second kappa shape index (κ2) is 5.88. The van der Waals surface area contributed by atoms with Crippen molar-refractivity contribution < 1.29 is 4.74 Å². The maximum absolute atomic E-state index is 5.70. The fourth-order valence-electron chi connectivity index (χ4n) is 2.38. The molecule has 0 saturated carbocycles. The molecule has 0 aliphatic heterocycles. The number of fused-ring (bicyclic) bond motifs is 1. The van der Waals surface area contributed by atoms with Gasteiger partial charge in [-0.2, -0.15) is 5.10 Å². The van der Waals surface area contributed by atoms with Crippen molar-refractivity contribution in [3.05, 3.63) is 78.6 Å². The number of para-hydroxylation sites is 1. The van der Waals surface area contributed by atoms with Crippen LogP contribution in [0.5, 0.6) is 11.6 Å². The molecule has 4 rings (SSSR count). The highest BCUT2D eigenvalue weighted by molar-refractivity contribution is 5.69. The van der Waals surface area contributed by atoms with Crippen LogP contribution >= 0.6 is 0 Å². The molecule has 0 bridgehead atoms. The number of benzene rings is 2. The Labute approximate surface area is 133 Å². The van der Waals surface area contributed by atoms with Gasteiger partial charge in [-0.15, -0.1) is 0 Å². The highest BCUT2D eigenvalue weighted by atomic mass is 16.5. The van der Waals surface area contributed by atoms with Crippen LogP contribution in [0.15, 0.2) is 73.1 Å². The van der Waals surface area contributed by atoms with Crippen molar-refractivity contribution in [2.45, 2.75) is 6.54 Å². The van der Waals surface area contributed by atoms with Gasteiger partial charge in [0, 0.05) is 0 Å². The Morgan fingerprint density at radius 3 is 2.39 bits per heavy atom. The normalized spacial score (nSPS) is 10.8. The summed E-state index contributed by atoms with van der Waals surface area (Å²) in [6, 6.07) is 19.7. The zero-order valence-electron chi connectivity index (χ0n) is 12.3. The lowest BCUT2D eigenvalue weighted by molar-refractivity contribution is 0.462. The Morgan fingerprint density at radius 1 is 0.870 bits per heavy atom. The molecule has 0 aliphatic rings. The molecule has 0 saturated heterocycles. The first-order chi connectivity index (χ1) is 11.4. The number of nitrogens with zero attached hydrogens (tertiary/aromatic N) is 4. The molecule has 4 aromatic rings. The van der Waals surface area contributed by atoms with Crippen LogP contribution in [0, 0.1) is 0 Å². The number of hydrogen-bond acceptors (Lipinski definition) is 4. The van der Waals surface area contributed by atoms with Gasteiger partial charge in [-0.3, -0.25) is 0 Å². The molecule has 112 valence electrons. The minimum Gasteiger partial charge on any atom is -0.437 e. The molecular formula is C18H14N4O. The first kappa shape index (κ1) is 13.5. The third-order valence-electron chi connectivity index (χ3n) is 3.46. The minimum atomic E-state index is 0.461. The number of ether oxygens (including phenoxy) is 1. The Morgan fingerprint density at radius 2 is 1.61 bits per heavy atom. The van der Waals surface area contributed by atoms with Crippen LogP contribution in [0.25, 0.3) is 11.2 Å². The largest absolute Gasteiger partial charge is 0.437 e. The van der Waals surface area contributed by atoms with Gasteiger partial charge >= 0.3 is 0 Å². The van der Waals surface area contributed by atoms with Crippen molar-refractivity contribution in [3.63, 3.8) is 0 Å². The first-order valence-corrected chi connectivity index (χ1v) is 7.34. The smallest absolute Gasteiger partial charge is 0.238 e. The third-order valence-corrected chi connectivity index (χ3v) is 3.46. The lowest BCUT2D eigenvalue weighted by Gasteiger charge is -2.05. The summed E-state index contributed by atoms with van der Waals surface area (Å²) in [5.41, 5.74) is 2.63. The molecular weight excluding hydrogens is 288 g/mol. The van der Waals surface area contributed by atoms with Crippen molar-refractivity contribution in [1.82, 2.24) is 19.7 Å². The van der Waals surface area contributed by atoms with Gasteiger partial charge < -0.3 is 4.74 Å². The fraction of sp³-hybridized carbons (Fsp3) is 0.0556. The molecule has 0 N–H and O–H groups in total. The molecule has 0 radical (unpaired) electrons. The molecule has 5 nitrogen and oxygen atoms in total. The molecule has 0 unspecified atom stereocenters. The van der Waals surface area contributed by atoms with Gasteiger partial charge in [0.2, 0.25) is 5.88 Å². The van der Waals surface area contributed by atoms with E-state index in [0.29, 0.717) is 12.4 Å². The van der Waals surface area contributed by atoms with Gasteiger partial charge in [-0.05, 0) is 17.7 Å². The molecule has 2 aromatic heterocycles. The van der Waals surface area contributed by atoms with Crippen LogP contribution in [-0.2, 0) is 6.54 Å². The van der Waals surface area contributed by atoms with Crippen LogP contribution in [0.2, 0.25) is 0 Å². The summed E-state index contributed by atoms with van der Waals surface area (Å²) in [6.07, 6.45) is 3.33. The Balaban J connectivity index is 1.61. The van der Waals surface area contributed by atoms with Crippen molar-refractivity contribution in [2.75, 3.05) is 0 Å². The quantitative estimate of drug-likeness (QED) is 0.577. The Bertz CT molecular complexity index is 920. The van der Waals surface area contributed by atoms with Crippen LogP contribution in [0.3, 0.4) is 0 Å². The van der Waals surface area contributed by atoms with Crippen LogP contribution in [0.1, 0.15) is 5.56 Å². The van der Waals surface area contributed by atoms with E-state index in [0.717, 1.165) is 16.9 Å². The van der Waals surface area contributed by atoms with E-state index in [2.05, 4.69) is 27.2 Å². The molecule has 23 heavy (non-hydrogen) atoms. The van der Waals surface area contributed by atoms with E-state index in [-0.39, 0.29) is 0 Å². The molecule has 0 spiro atoms. The van der Waals surface area contributed by atoms with E-state index in [1.807, 2.05) is 53.2 Å². The average Bonchev–Trinajstić information content (AvgIpc) is 2.99. The predicted octanol–water partition coefficient (Wildman–Crippen LogP) is 3.67. The second-order valence-corrected chi connectivity index (χ2v) is 5.12.